The first kappa shape index (κ1) is 13.1. The molecule has 0 saturated carbocycles. The third kappa shape index (κ3) is 2.41. The van der Waals surface area contributed by atoms with E-state index in [0.717, 1.165) is 30.2 Å². The van der Waals surface area contributed by atoms with Crippen LogP contribution in [0.2, 0.25) is 0 Å². The van der Waals surface area contributed by atoms with Crippen molar-refractivity contribution in [2.24, 2.45) is 7.05 Å². The topological polar surface area (TPSA) is 56.4 Å². The Bertz CT molecular complexity index is 699. The average Bonchev–Trinajstić information content (AvgIpc) is 3.11. The number of imidazole rings is 1. The van der Waals surface area contributed by atoms with Gasteiger partial charge in [-0.05, 0) is 6.07 Å². The van der Waals surface area contributed by atoms with Gasteiger partial charge in [0.2, 0.25) is 5.88 Å². The second kappa shape index (κ2) is 5.64. The summed E-state index contributed by atoms with van der Waals surface area (Å²) < 4.78 is 9.30. The van der Waals surface area contributed by atoms with Gasteiger partial charge < -0.3 is 10.1 Å². The molecule has 7 heteroatoms. The first-order chi connectivity index (χ1) is 9.79. The van der Waals surface area contributed by atoms with E-state index in [0.29, 0.717) is 5.88 Å². The SMILES string of the molecule is COc1nc2sccn2c1CNCCc1ccnn1C. The quantitative estimate of drug-likeness (QED) is 0.699. The Kier molecular flexibility index (Phi) is 3.70. The molecule has 0 saturated heterocycles. The van der Waals surface area contributed by atoms with Crippen LogP contribution < -0.4 is 10.1 Å². The van der Waals surface area contributed by atoms with Crippen molar-refractivity contribution in [3.63, 3.8) is 0 Å². The van der Waals surface area contributed by atoms with E-state index in [1.54, 1.807) is 18.4 Å². The molecule has 0 aromatic carbocycles. The number of hydrogen-bond donors (Lipinski definition) is 1. The molecule has 0 bridgehead atoms. The van der Waals surface area contributed by atoms with Crippen LogP contribution in [0.1, 0.15) is 11.4 Å². The lowest BCUT2D eigenvalue weighted by molar-refractivity contribution is 0.393. The molecule has 0 radical (unpaired) electrons. The number of rotatable bonds is 6. The fraction of sp³-hybridized carbons (Fsp3) is 0.385. The first-order valence-corrected chi connectivity index (χ1v) is 7.33. The zero-order valence-electron chi connectivity index (χ0n) is 11.5. The number of aromatic nitrogens is 4. The van der Waals surface area contributed by atoms with Crippen molar-refractivity contribution in [1.82, 2.24) is 24.5 Å². The van der Waals surface area contributed by atoms with E-state index >= 15 is 0 Å². The van der Waals surface area contributed by atoms with Crippen molar-refractivity contribution in [2.75, 3.05) is 13.7 Å². The molecule has 3 aromatic heterocycles. The summed E-state index contributed by atoms with van der Waals surface area (Å²) in [6.45, 7) is 1.62. The fourth-order valence-electron chi connectivity index (χ4n) is 2.21. The zero-order chi connectivity index (χ0) is 13.9. The lowest BCUT2D eigenvalue weighted by atomic mass is 10.3. The highest BCUT2D eigenvalue weighted by atomic mass is 32.1. The minimum atomic E-state index is 0.699. The summed E-state index contributed by atoms with van der Waals surface area (Å²) >= 11 is 1.61. The molecule has 0 amide bonds. The number of fused-ring (bicyclic) bond motifs is 1. The highest BCUT2D eigenvalue weighted by molar-refractivity contribution is 7.15. The number of aryl methyl sites for hydroxylation is 1. The van der Waals surface area contributed by atoms with Crippen molar-refractivity contribution in [1.29, 1.82) is 0 Å². The van der Waals surface area contributed by atoms with E-state index < -0.39 is 0 Å². The van der Waals surface area contributed by atoms with Gasteiger partial charge in [-0.1, -0.05) is 0 Å². The summed E-state index contributed by atoms with van der Waals surface area (Å²) in [5.74, 6) is 0.699. The van der Waals surface area contributed by atoms with Gasteiger partial charge in [0.1, 0.15) is 5.69 Å². The average molecular weight is 291 g/mol. The van der Waals surface area contributed by atoms with Crippen LogP contribution in [0.4, 0.5) is 0 Å². The Balaban J connectivity index is 1.62. The van der Waals surface area contributed by atoms with Crippen LogP contribution in [0, 0.1) is 0 Å². The smallest absolute Gasteiger partial charge is 0.237 e. The lowest BCUT2D eigenvalue weighted by Crippen LogP contribution is -2.19. The molecular weight excluding hydrogens is 274 g/mol. The largest absolute Gasteiger partial charge is 0.480 e. The molecule has 0 unspecified atom stereocenters. The highest BCUT2D eigenvalue weighted by Gasteiger charge is 2.12. The van der Waals surface area contributed by atoms with Crippen molar-refractivity contribution in [3.8, 4) is 5.88 Å². The van der Waals surface area contributed by atoms with Crippen LogP contribution in [0.25, 0.3) is 4.96 Å². The van der Waals surface area contributed by atoms with Crippen LogP contribution in [0.5, 0.6) is 5.88 Å². The number of ether oxygens (including phenoxy) is 1. The minimum Gasteiger partial charge on any atom is -0.480 e. The summed E-state index contributed by atoms with van der Waals surface area (Å²) in [5, 5.41) is 9.62. The second-order valence-electron chi connectivity index (χ2n) is 4.50. The van der Waals surface area contributed by atoms with E-state index in [1.807, 2.05) is 35.6 Å². The summed E-state index contributed by atoms with van der Waals surface area (Å²) in [7, 11) is 3.62. The molecule has 3 aromatic rings. The lowest BCUT2D eigenvalue weighted by Gasteiger charge is -2.06. The van der Waals surface area contributed by atoms with Gasteiger partial charge >= 0.3 is 0 Å². The van der Waals surface area contributed by atoms with Crippen LogP contribution in [-0.2, 0) is 20.0 Å². The molecule has 0 spiro atoms. The maximum Gasteiger partial charge on any atom is 0.237 e. The molecular formula is C13H17N5OS. The molecule has 1 N–H and O–H groups in total. The minimum absolute atomic E-state index is 0.699. The molecule has 3 rings (SSSR count). The normalized spacial score (nSPS) is 11.3. The molecule has 0 aliphatic rings. The Labute approximate surface area is 121 Å². The maximum absolute atomic E-state index is 5.33. The third-order valence-electron chi connectivity index (χ3n) is 3.29. The van der Waals surface area contributed by atoms with Crippen molar-refractivity contribution >= 4 is 16.3 Å². The van der Waals surface area contributed by atoms with Crippen LogP contribution in [0.15, 0.2) is 23.8 Å². The number of nitrogens with zero attached hydrogens (tertiary/aromatic N) is 4. The van der Waals surface area contributed by atoms with E-state index in [2.05, 4.69) is 19.8 Å². The highest BCUT2D eigenvalue weighted by Crippen LogP contribution is 2.22. The zero-order valence-corrected chi connectivity index (χ0v) is 12.4. The van der Waals surface area contributed by atoms with E-state index in [1.165, 1.54) is 5.69 Å². The molecule has 0 fully saturated rings. The van der Waals surface area contributed by atoms with Crippen molar-refractivity contribution in [3.05, 3.63) is 35.2 Å². The van der Waals surface area contributed by atoms with Gasteiger partial charge in [-0.3, -0.25) is 9.08 Å². The molecule has 0 atom stereocenters. The van der Waals surface area contributed by atoms with Gasteiger partial charge in [0.15, 0.2) is 4.96 Å². The second-order valence-corrected chi connectivity index (χ2v) is 5.37. The summed E-state index contributed by atoms with van der Waals surface area (Å²) in [4.78, 5) is 5.40. The molecule has 106 valence electrons. The Morgan fingerprint density at radius 3 is 3.10 bits per heavy atom. The fourth-order valence-corrected chi connectivity index (χ4v) is 2.93. The standard InChI is InChI=1S/C13H17N5OS/c1-17-10(4-6-15-17)3-5-14-9-11-12(19-2)16-13-18(11)7-8-20-13/h4,6-8,14H,3,5,9H2,1-2H3. The van der Waals surface area contributed by atoms with Crippen molar-refractivity contribution in [2.45, 2.75) is 13.0 Å². The molecule has 20 heavy (non-hydrogen) atoms. The molecule has 0 aliphatic heterocycles. The van der Waals surface area contributed by atoms with Crippen molar-refractivity contribution < 1.29 is 4.74 Å². The predicted molar refractivity (Wildman–Crippen MR) is 78.2 cm³/mol. The van der Waals surface area contributed by atoms with E-state index in [-0.39, 0.29) is 0 Å². The summed E-state index contributed by atoms with van der Waals surface area (Å²) in [5.41, 5.74) is 2.28. The molecule has 3 heterocycles. The monoisotopic (exact) mass is 291 g/mol. The van der Waals surface area contributed by atoms with Gasteiger partial charge in [-0.2, -0.15) is 10.1 Å². The molecule has 0 aliphatic carbocycles. The number of nitrogens with one attached hydrogen (secondary N) is 1. The van der Waals surface area contributed by atoms with Gasteiger partial charge in [0.05, 0.1) is 7.11 Å². The summed E-state index contributed by atoms with van der Waals surface area (Å²) in [6, 6.07) is 2.04. The first-order valence-electron chi connectivity index (χ1n) is 6.45. The number of thiazole rings is 1. The van der Waals surface area contributed by atoms with Gasteiger partial charge in [-0.25, -0.2) is 0 Å². The Morgan fingerprint density at radius 1 is 1.45 bits per heavy atom. The maximum atomic E-state index is 5.33. The van der Waals surface area contributed by atoms with Gasteiger partial charge in [-0.15, -0.1) is 11.3 Å². The third-order valence-corrected chi connectivity index (χ3v) is 4.05. The Morgan fingerprint density at radius 2 is 2.35 bits per heavy atom. The van der Waals surface area contributed by atoms with E-state index in [4.69, 9.17) is 4.74 Å². The van der Waals surface area contributed by atoms with Crippen LogP contribution >= 0.6 is 11.3 Å². The summed E-state index contributed by atoms with van der Waals surface area (Å²) in [6.07, 6.45) is 4.79. The van der Waals surface area contributed by atoms with Crippen LogP contribution in [-0.4, -0.2) is 32.8 Å². The Hall–Kier alpha value is -1.86. The predicted octanol–water partition coefficient (Wildman–Crippen LogP) is 1.47. The van der Waals surface area contributed by atoms with E-state index in [9.17, 15) is 0 Å². The number of hydrogen-bond acceptors (Lipinski definition) is 5. The van der Waals surface area contributed by atoms with Gasteiger partial charge in [0, 0.05) is 50.0 Å². The van der Waals surface area contributed by atoms with Gasteiger partial charge in [0.25, 0.3) is 0 Å². The number of methoxy groups -OCH3 is 1. The molecule has 6 nitrogen and oxygen atoms in total. The van der Waals surface area contributed by atoms with Crippen LogP contribution in [0.3, 0.4) is 0 Å².